The second kappa shape index (κ2) is 8.71. The molecule has 2 aromatic carbocycles. The second-order valence-corrected chi connectivity index (χ2v) is 5.95. The number of hydrogen-bond donors (Lipinski definition) is 1. The van der Waals surface area contributed by atoms with Crippen LogP contribution in [0.2, 0.25) is 10.0 Å². The van der Waals surface area contributed by atoms with E-state index in [2.05, 4.69) is 5.32 Å². The molecule has 4 nitrogen and oxygen atoms in total. The third-order valence-electron chi connectivity index (χ3n) is 3.36. The Morgan fingerprint density at radius 2 is 1.83 bits per heavy atom. The highest BCUT2D eigenvalue weighted by atomic mass is 35.5. The third kappa shape index (κ3) is 4.98. The zero-order chi connectivity index (χ0) is 17.5. The minimum atomic E-state index is -0.959. The Bertz CT molecular complexity index is 719. The van der Waals surface area contributed by atoms with Gasteiger partial charge in [0.25, 0.3) is 0 Å². The smallest absolute Gasteiger partial charge is 0.318 e. The molecule has 0 aliphatic carbocycles. The molecule has 2 aromatic rings. The van der Waals surface area contributed by atoms with Gasteiger partial charge in [0, 0.05) is 5.02 Å². The van der Waals surface area contributed by atoms with Gasteiger partial charge in [0.2, 0.25) is 5.91 Å². The third-order valence-corrected chi connectivity index (χ3v) is 3.91. The van der Waals surface area contributed by atoms with Crippen LogP contribution < -0.4 is 5.32 Å². The highest BCUT2D eigenvalue weighted by Gasteiger charge is 2.28. The summed E-state index contributed by atoms with van der Waals surface area (Å²) in [4.78, 5) is 24.7. The van der Waals surface area contributed by atoms with E-state index < -0.39 is 17.8 Å². The predicted octanol–water partition coefficient (Wildman–Crippen LogP) is 4.35. The highest BCUT2D eigenvalue weighted by molar-refractivity contribution is 6.36. The van der Waals surface area contributed by atoms with Crippen LogP contribution in [0.3, 0.4) is 0 Å². The summed E-state index contributed by atoms with van der Waals surface area (Å²) in [6.45, 7) is 1.91. The summed E-state index contributed by atoms with van der Waals surface area (Å²) < 4.78 is 5.03. The van der Waals surface area contributed by atoms with Crippen LogP contribution >= 0.6 is 23.2 Å². The summed E-state index contributed by atoms with van der Waals surface area (Å²) in [5.74, 6) is -2.00. The Kier molecular flexibility index (Phi) is 6.64. The minimum absolute atomic E-state index is 0.207. The lowest BCUT2D eigenvalue weighted by Crippen LogP contribution is -2.33. The number of nitrogens with one attached hydrogen (secondary N) is 1. The molecule has 2 rings (SSSR count). The van der Waals surface area contributed by atoms with E-state index in [9.17, 15) is 9.59 Å². The first kappa shape index (κ1) is 18.3. The minimum Gasteiger partial charge on any atom is -0.465 e. The number of ether oxygens (including phenoxy) is 1. The summed E-state index contributed by atoms with van der Waals surface area (Å²) in [6, 6.07) is 14.0. The maximum absolute atomic E-state index is 12.6. The lowest BCUT2D eigenvalue weighted by atomic mass is 9.98. The average molecular weight is 366 g/mol. The lowest BCUT2D eigenvalue weighted by molar-refractivity contribution is -0.150. The molecular weight excluding hydrogens is 349 g/mol. The molecule has 24 heavy (non-hydrogen) atoms. The number of esters is 1. The molecule has 0 aromatic heterocycles. The summed E-state index contributed by atoms with van der Waals surface area (Å²) in [5, 5.41) is 3.43. The van der Waals surface area contributed by atoms with Crippen molar-refractivity contribution in [2.45, 2.75) is 13.3 Å². The Hall–Kier alpha value is -2.04. The van der Waals surface area contributed by atoms with Crippen LogP contribution in [0.1, 0.15) is 12.5 Å². The Morgan fingerprint density at radius 3 is 2.46 bits per heavy atom. The molecule has 0 aliphatic heterocycles. The van der Waals surface area contributed by atoms with Gasteiger partial charge in [-0.2, -0.15) is 0 Å². The quantitative estimate of drug-likeness (QED) is 0.611. The fraction of sp³-hybridized carbons (Fsp3) is 0.222. The fourth-order valence-electron chi connectivity index (χ4n) is 2.19. The maximum Gasteiger partial charge on any atom is 0.318 e. The van der Waals surface area contributed by atoms with E-state index in [-0.39, 0.29) is 13.0 Å². The van der Waals surface area contributed by atoms with Gasteiger partial charge in [-0.15, -0.1) is 0 Å². The highest BCUT2D eigenvalue weighted by Crippen LogP contribution is 2.26. The number of benzene rings is 2. The van der Waals surface area contributed by atoms with Crippen molar-refractivity contribution >= 4 is 40.8 Å². The maximum atomic E-state index is 12.6. The van der Waals surface area contributed by atoms with E-state index in [1.165, 1.54) is 6.07 Å². The number of carbonyl (C=O) groups is 2. The van der Waals surface area contributed by atoms with Gasteiger partial charge in [-0.25, -0.2) is 0 Å². The standard InChI is InChI=1S/C18H17Cl2NO3/c1-2-24-18(23)14(10-12-6-4-3-5-7-12)17(22)21-16-9-8-13(19)11-15(16)20/h3-9,11,14H,2,10H2,1H3,(H,21,22). The van der Waals surface area contributed by atoms with Gasteiger partial charge >= 0.3 is 5.97 Å². The van der Waals surface area contributed by atoms with Crippen LogP contribution in [0.4, 0.5) is 5.69 Å². The van der Waals surface area contributed by atoms with Crippen LogP contribution in [0.5, 0.6) is 0 Å². The van der Waals surface area contributed by atoms with Crippen molar-refractivity contribution in [3.63, 3.8) is 0 Å². The van der Waals surface area contributed by atoms with Crippen molar-refractivity contribution in [2.24, 2.45) is 5.92 Å². The van der Waals surface area contributed by atoms with E-state index in [0.717, 1.165) is 5.56 Å². The summed E-state index contributed by atoms with van der Waals surface area (Å²) in [5.41, 5.74) is 1.27. The monoisotopic (exact) mass is 365 g/mol. The molecule has 0 saturated heterocycles. The molecule has 0 spiro atoms. The van der Waals surface area contributed by atoms with Crippen LogP contribution in [-0.4, -0.2) is 18.5 Å². The van der Waals surface area contributed by atoms with Crippen molar-refractivity contribution in [3.05, 3.63) is 64.1 Å². The second-order valence-electron chi connectivity index (χ2n) is 5.11. The van der Waals surface area contributed by atoms with Gasteiger partial charge in [0.15, 0.2) is 0 Å². The van der Waals surface area contributed by atoms with Crippen LogP contribution in [0, 0.1) is 5.92 Å². The van der Waals surface area contributed by atoms with E-state index in [0.29, 0.717) is 15.7 Å². The number of rotatable bonds is 6. The van der Waals surface area contributed by atoms with Crippen molar-refractivity contribution in [3.8, 4) is 0 Å². The molecule has 0 heterocycles. The fourth-order valence-corrected chi connectivity index (χ4v) is 2.64. The predicted molar refractivity (Wildman–Crippen MR) is 95.4 cm³/mol. The van der Waals surface area contributed by atoms with Crippen LogP contribution in [0.25, 0.3) is 0 Å². The number of carbonyl (C=O) groups excluding carboxylic acids is 2. The molecule has 1 N–H and O–H groups in total. The zero-order valence-corrected chi connectivity index (χ0v) is 14.6. The van der Waals surface area contributed by atoms with Crippen LogP contribution in [0.15, 0.2) is 48.5 Å². The molecule has 6 heteroatoms. The van der Waals surface area contributed by atoms with Gasteiger partial charge in [0.1, 0.15) is 5.92 Å². The molecule has 0 saturated carbocycles. The zero-order valence-electron chi connectivity index (χ0n) is 13.1. The normalized spacial score (nSPS) is 11.6. The van der Waals surface area contributed by atoms with Crippen molar-refractivity contribution < 1.29 is 14.3 Å². The first-order chi connectivity index (χ1) is 11.5. The number of halogens is 2. The van der Waals surface area contributed by atoms with Crippen molar-refractivity contribution in [2.75, 3.05) is 11.9 Å². The number of hydrogen-bond acceptors (Lipinski definition) is 3. The summed E-state index contributed by atoms with van der Waals surface area (Å²) in [7, 11) is 0. The van der Waals surface area contributed by atoms with Crippen LogP contribution in [-0.2, 0) is 20.7 Å². The molecule has 1 unspecified atom stereocenters. The van der Waals surface area contributed by atoms with E-state index in [1.54, 1.807) is 19.1 Å². The molecule has 0 bridgehead atoms. The SMILES string of the molecule is CCOC(=O)C(Cc1ccccc1)C(=O)Nc1ccc(Cl)cc1Cl. The van der Waals surface area contributed by atoms with Gasteiger partial charge in [0.05, 0.1) is 17.3 Å². The van der Waals surface area contributed by atoms with Crippen molar-refractivity contribution in [1.82, 2.24) is 0 Å². The van der Waals surface area contributed by atoms with E-state index in [1.807, 2.05) is 30.3 Å². The average Bonchev–Trinajstić information content (AvgIpc) is 2.56. The Labute approximate surface area is 150 Å². The molecule has 0 radical (unpaired) electrons. The summed E-state index contributed by atoms with van der Waals surface area (Å²) in [6.07, 6.45) is 0.247. The molecule has 0 aliphatic rings. The number of anilines is 1. The molecule has 1 atom stereocenters. The molecular formula is C18H17Cl2NO3. The van der Waals surface area contributed by atoms with Gasteiger partial charge in [-0.05, 0) is 37.1 Å². The first-order valence-corrected chi connectivity index (χ1v) is 8.23. The Morgan fingerprint density at radius 1 is 1.12 bits per heavy atom. The van der Waals surface area contributed by atoms with Crippen molar-refractivity contribution in [1.29, 1.82) is 0 Å². The Balaban J connectivity index is 2.18. The molecule has 1 amide bonds. The largest absolute Gasteiger partial charge is 0.465 e. The molecule has 0 fully saturated rings. The molecule has 126 valence electrons. The van der Waals surface area contributed by atoms with E-state index >= 15 is 0 Å². The topological polar surface area (TPSA) is 55.4 Å². The van der Waals surface area contributed by atoms with E-state index in [4.69, 9.17) is 27.9 Å². The van der Waals surface area contributed by atoms with Gasteiger partial charge in [-0.3, -0.25) is 9.59 Å². The lowest BCUT2D eigenvalue weighted by Gasteiger charge is -2.16. The summed E-state index contributed by atoms with van der Waals surface area (Å²) >= 11 is 11.9. The van der Waals surface area contributed by atoms with Gasteiger partial charge < -0.3 is 10.1 Å². The van der Waals surface area contributed by atoms with Gasteiger partial charge in [-0.1, -0.05) is 53.5 Å². The first-order valence-electron chi connectivity index (χ1n) is 7.47. The number of amides is 1.